The minimum absolute atomic E-state index is 0.120. The molecular weight excluding hydrogens is 348 g/mol. The molecule has 27 heavy (non-hydrogen) atoms. The second-order valence-corrected chi connectivity index (χ2v) is 6.23. The van der Waals surface area contributed by atoms with Gasteiger partial charge in [0.1, 0.15) is 0 Å². The van der Waals surface area contributed by atoms with Gasteiger partial charge < -0.3 is 25.3 Å². The first kappa shape index (κ1) is 20.2. The van der Waals surface area contributed by atoms with Crippen LogP contribution in [0.4, 0.5) is 0 Å². The maximum Gasteiger partial charge on any atom is 0.287 e. The van der Waals surface area contributed by atoms with Crippen molar-refractivity contribution in [2.45, 2.75) is 6.04 Å². The number of carbonyl (C=O) groups excluding carboxylic acids is 3. The van der Waals surface area contributed by atoms with E-state index < -0.39 is 11.8 Å². The van der Waals surface area contributed by atoms with Gasteiger partial charge in [0.25, 0.3) is 5.91 Å². The van der Waals surface area contributed by atoms with Crippen LogP contribution in [0.15, 0.2) is 53.1 Å². The molecule has 0 fully saturated rings. The van der Waals surface area contributed by atoms with E-state index in [1.807, 2.05) is 49.3 Å². The molecule has 0 saturated heterocycles. The largest absolute Gasteiger partial charge is 0.459 e. The van der Waals surface area contributed by atoms with Crippen LogP contribution in [0.3, 0.4) is 0 Å². The summed E-state index contributed by atoms with van der Waals surface area (Å²) in [6, 6.07) is 12.5. The van der Waals surface area contributed by atoms with Crippen molar-refractivity contribution >= 4 is 17.7 Å². The van der Waals surface area contributed by atoms with E-state index in [-0.39, 0.29) is 30.8 Å². The van der Waals surface area contributed by atoms with Crippen molar-refractivity contribution in [2.24, 2.45) is 0 Å². The Labute approximate surface area is 157 Å². The Balaban J connectivity index is 1.77. The zero-order chi connectivity index (χ0) is 19.6. The van der Waals surface area contributed by atoms with E-state index in [0.717, 1.165) is 5.56 Å². The molecule has 0 aliphatic carbocycles. The molecule has 8 nitrogen and oxygen atoms in total. The summed E-state index contributed by atoms with van der Waals surface area (Å²) in [5.74, 6) is -1.14. The molecule has 1 heterocycles. The summed E-state index contributed by atoms with van der Waals surface area (Å²) >= 11 is 0. The summed E-state index contributed by atoms with van der Waals surface area (Å²) in [5, 5.41) is 7.81. The average molecular weight is 372 g/mol. The summed E-state index contributed by atoms with van der Waals surface area (Å²) < 4.78 is 4.93. The van der Waals surface area contributed by atoms with Gasteiger partial charge in [0.15, 0.2) is 5.76 Å². The predicted molar refractivity (Wildman–Crippen MR) is 99.9 cm³/mol. The number of hydrogen-bond donors (Lipinski definition) is 3. The quantitative estimate of drug-likeness (QED) is 0.596. The minimum Gasteiger partial charge on any atom is -0.459 e. The molecule has 3 amide bonds. The molecule has 8 heteroatoms. The highest BCUT2D eigenvalue weighted by molar-refractivity contribution is 5.94. The van der Waals surface area contributed by atoms with E-state index in [2.05, 4.69) is 16.0 Å². The van der Waals surface area contributed by atoms with Crippen LogP contribution < -0.4 is 16.0 Å². The molecule has 0 spiro atoms. The summed E-state index contributed by atoms with van der Waals surface area (Å²) in [7, 11) is 3.84. The lowest BCUT2D eigenvalue weighted by molar-refractivity contribution is -0.126. The van der Waals surface area contributed by atoms with Gasteiger partial charge in [-0.25, -0.2) is 0 Å². The monoisotopic (exact) mass is 372 g/mol. The number of rotatable bonds is 9. The average Bonchev–Trinajstić information content (AvgIpc) is 3.19. The van der Waals surface area contributed by atoms with Crippen molar-refractivity contribution < 1.29 is 18.8 Å². The van der Waals surface area contributed by atoms with Gasteiger partial charge >= 0.3 is 0 Å². The SMILES string of the molecule is CN(C)C[C@H](NC(=O)CNC(=O)CNC(=O)c1ccco1)c1ccccc1. The molecule has 1 aromatic heterocycles. The van der Waals surface area contributed by atoms with Gasteiger partial charge in [0.2, 0.25) is 11.8 Å². The van der Waals surface area contributed by atoms with Crippen molar-refractivity contribution in [1.29, 1.82) is 0 Å². The third-order valence-corrected chi connectivity index (χ3v) is 3.69. The van der Waals surface area contributed by atoms with Crippen LogP contribution in [0.1, 0.15) is 22.2 Å². The Morgan fingerprint density at radius 2 is 1.67 bits per heavy atom. The fourth-order valence-electron chi connectivity index (χ4n) is 2.43. The van der Waals surface area contributed by atoms with Crippen LogP contribution in [0.2, 0.25) is 0 Å². The van der Waals surface area contributed by atoms with E-state index >= 15 is 0 Å². The molecule has 0 bridgehead atoms. The first-order valence-electron chi connectivity index (χ1n) is 8.53. The molecule has 2 aromatic rings. The Bertz CT molecular complexity index is 744. The van der Waals surface area contributed by atoms with Gasteiger partial charge in [0, 0.05) is 6.54 Å². The Hall–Kier alpha value is -3.13. The van der Waals surface area contributed by atoms with E-state index in [4.69, 9.17) is 4.42 Å². The Morgan fingerprint density at radius 1 is 0.963 bits per heavy atom. The van der Waals surface area contributed by atoms with Gasteiger partial charge in [-0.2, -0.15) is 0 Å². The fraction of sp³-hybridized carbons (Fsp3) is 0.316. The second-order valence-electron chi connectivity index (χ2n) is 6.23. The molecular formula is C19H24N4O4. The van der Waals surface area contributed by atoms with Crippen LogP contribution in [0.25, 0.3) is 0 Å². The highest BCUT2D eigenvalue weighted by Gasteiger charge is 2.16. The first-order chi connectivity index (χ1) is 13.0. The molecule has 144 valence electrons. The number of carbonyl (C=O) groups is 3. The summed E-state index contributed by atoms with van der Waals surface area (Å²) in [4.78, 5) is 37.7. The molecule has 0 aliphatic rings. The van der Waals surface area contributed by atoms with Gasteiger partial charge in [-0.15, -0.1) is 0 Å². The van der Waals surface area contributed by atoms with Crippen molar-refractivity contribution in [3.63, 3.8) is 0 Å². The molecule has 0 aliphatic heterocycles. The number of nitrogens with one attached hydrogen (secondary N) is 3. The molecule has 0 radical (unpaired) electrons. The van der Waals surface area contributed by atoms with Crippen LogP contribution in [-0.2, 0) is 9.59 Å². The number of nitrogens with zero attached hydrogens (tertiary/aromatic N) is 1. The summed E-state index contributed by atoms with van der Waals surface area (Å²) in [6.45, 7) is 0.210. The summed E-state index contributed by atoms with van der Waals surface area (Å²) in [5.41, 5.74) is 0.983. The molecule has 2 rings (SSSR count). The number of furan rings is 1. The highest BCUT2D eigenvalue weighted by atomic mass is 16.3. The first-order valence-corrected chi connectivity index (χ1v) is 8.53. The van der Waals surface area contributed by atoms with Gasteiger partial charge in [-0.3, -0.25) is 14.4 Å². The molecule has 1 atom stereocenters. The normalized spacial score (nSPS) is 11.7. The van der Waals surface area contributed by atoms with E-state index in [0.29, 0.717) is 6.54 Å². The lowest BCUT2D eigenvalue weighted by Crippen LogP contribution is -2.44. The van der Waals surface area contributed by atoms with Crippen LogP contribution in [-0.4, -0.2) is 56.4 Å². The lowest BCUT2D eigenvalue weighted by atomic mass is 10.1. The number of likely N-dealkylation sites (N-methyl/N-ethyl adjacent to an activating group) is 1. The maximum atomic E-state index is 12.2. The van der Waals surface area contributed by atoms with Crippen LogP contribution >= 0.6 is 0 Å². The van der Waals surface area contributed by atoms with Crippen LogP contribution in [0, 0.1) is 0 Å². The number of amides is 3. The summed E-state index contributed by atoms with van der Waals surface area (Å²) in [6.07, 6.45) is 1.37. The van der Waals surface area contributed by atoms with E-state index in [1.165, 1.54) is 12.3 Å². The second kappa shape index (κ2) is 10.1. The number of benzene rings is 1. The van der Waals surface area contributed by atoms with Gasteiger partial charge in [0.05, 0.1) is 25.4 Å². The van der Waals surface area contributed by atoms with E-state index in [1.54, 1.807) is 6.07 Å². The van der Waals surface area contributed by atoms with Crippen molar-refractivity contribution in [2.75, 3.05) is 33.7 Å². The molecule has 1 aromatic carbocycles. The third-order valence-electron chi connectivity index (χ3n) is 3.69. The molecule has 0 saturated carbocycles. The Morgan fingerprint density at radius 3 is 2.30 bits per heavy atom. The molecule has 0 unspecified atom stereocenters. The fourth-order valence-corrected chi connectivity index (χ4v) is 2.43. The zero-order valence-electron chi connectivity index (χ0n) is 15.4. The standard InChI is InChI=1S/C19H24N4O4/c1-23(2)13-15(14-7-4-3-5-8-14)22-18(25)12-20-17(24)11-21-19(26)16-9-6-10-27-16/h3-10,15H,11-13H2,1-2H3,(H,20,24)(H,21,26)(H,22,25)/t15-/m0/s1. The number of hydrogen-bond acceptors (Lipinski definition) is 5. The van der Waals surface area contributed by atoms with E-state index in [9.17, 15) is 14.4 Å². The predicted octanol–water partition coefficient (Wildman–Crippen LogP) is 0.545. The Kier molecular flexibility index (Phi) is 7.57. The zero-order valence-corrected chi connectivity index (χ0v) is 15.4. The molecule has 3 N–H and O–H groups in total. The third kappa shape index (κ3) is 6.95. The maximum absolute atomic E-state index is 12.2. The van der Waals surface area contributed by atoms with Gasteiger partial charge in [-0.05, 0) is 31.8 Å². The van der Waals surface area contributed by atoms with Gasteiger partial charge in [-0.1, -0.05) is 30.3 Å². The smallest absolute Gasteiger partial charge is 0.287 e. The lowest BCUT2D eigenvalue weighted by Gasteiger charge is -2.23. The van der Waals surface area contributed by atoms with Crippen molar-refractivity contribution in [1.82, 2.24) is 20.9 Å². The topological polar surface area (TPSA) is 104 Å². The van der Waals surface area contributed by atoms with Crippen LogP contribution in [0.5, 0.6) is 0 Å². The minimum atomic E-state index is -0.491. The highest BCUT2D eigenvalue weighted by Crippen LogP contribution is 2.12. The van der Waals surface area contributed by atoms with Crippen molar-refractivity contribution in [3.8, 4) is 0 Å². The van der Waals surface area contributed by atoms with Crippen molar-refractivity contribution in [3.05, 3.63) is 60.1 Å².